The number of nitrogens with one attached hydrogen (secondary N) is 1. The van der Waals surface area contributed by atoms with E-state index in [4.69, 9.17) is 4.74 Å². The quantitative estimate of drug-likeness (QED) is 0.886. The van der Waals surface area contributed by atoms with Crippen LogP contribution in [-0.4, -0.2) is 51.8 Å². The number of hydrogen-bond acceptors (Lipinski definition) is 5. The highest BCUT2D eigenvalue weighted by Crippen LogP contribution is 2.16. The van der Waals surface area contributed by atoms with Gasteiger partial charge in [0.2, 0.25) is 0 Å². The van der Waals surface area contributed by atoms with Gasteiger partial charge in [-0.25, -0.2) is 13.2 Å². The molecule has 110 valence electrons. The average Bonchev–Trinajstić information content (AvgIpc) is 2.45. The zero-order valence-electron chi connectivity index (χ0n) is 11.3. The molecule has 1 aliphatic heterocycles. The predicted molar refractivity (Wildman–Crippen MR) is 74.2 cm³/mol. The topological polar surface area (TPSA) is 75.7 Å². The minimum absolute atomic E-state index is 0.0357. The lowest BCUT2D eigenvalue weighted by atomic mass is 10.2. The molecule has 1 aliphatic rings. The van der Waals surface area contributed by atoms with Crippen molar-refractivity contribution in [3.8, 4) is 0 Å². The van der Waals surface area contributed by atoms with Gasteiger partial charge in [-0.05, 0) is 6.07 Å². The standard InChI is InChI=1S/C13H18N2O4S/c1-20(17,18)12-5-3-2-4-11(12)10-19-13(16)15-8-6-14-7-9-15/h2-5,14H,6-10H2,1H3. The van der Waals surface area contributed by atoms with Crippen molar-refractivity contribution in [2.45, 2.75) is 11.5 Å². The summed E-state index contributed by atoms with van der Waals surface area (Å²) in [6, 6.07) is 6.55. The second-order valence-electron chi connectivity index (χ2n) is 4.67. The van der Waals surface area contributed by atoms with Gasteiger partial charge in [0.25, 0.3) is 0 Å². The first-order valence-corrected chi connectivity index (χ1v) is 8.28. The fraction of sp³-hybridized carbons (Fsp3) is 0.462. The fourth-order valence-corrected chi connectivity index (χ4v) is 2.99. The Bertz CT molecular complexity index is 580. The van der Waals surface area contributed by atoms with E-state index < -0.39 is 15.9 Å². The van der Waals surface area contributed by atoms with Gasteiger partial charge in [0, 0.05) is 38.0 Å². The number of sulfone groups is 1. The van der Waals surface area contributed by atoms with Gasteiger partial charge >= 0.3 is 6.09 Å². The molecule has 0 aromatic heterocycles. The molecule has 1 fully saturated rings. The number of hydrogen-bond donors (Lipinski definition) is 1. The minimum Gasteiger partial charge on any atom is -0.444 e. The van der Waals surface area contributed by atoms with Gasteiger partial charge in [0.1, 0.15) is 6.61 Å². The van der Waals surface area contributed by atoms with Gasteiger partial charge in [-0.15, -0.1) is 0 Å². The van der Waals surface area contributed by atoms with Crippen LogP contribution in [0.4, 0.5) is 4.79 Å². The number of carbonyl (C=O) groups is 1. The van der Waals surface area contributed by atoms with Crippen molar-refractivity contribution in [1.82, 2.24) is 10.2 Å². The normalized spacial score (nSPS) is 15.9. The molecule has 0 atom stereocenters. The highest BCUT2D eigenvalue weighted by molar-refractivity contribution is 7.90. The maximum atomic E-state index is 11.9. The molecule has 1 aromatic carbocycles. The lowest BCUT2D eigenvalue weighted by Gasteiger charge is -2.26. The molecule has 0 unspecified atom stereocenters. The number of ether oxygens (including phenoxy) is 1. The molecule has 6 nitrogen and oxygen atoms in total. The van der Waals surface area contributed by atoms with Gasteiger partial charge in [0.15, 0.2) is 9.84 Å². The second kappa shape index (κ2) is 6.23. The molecule has 7 heteroatoms. The molecule has 0 saturated carbocycles. The van der Waals surface area contributed by atoms with Crippen LogP contribution in [0.3, 0.4) is 0 Å². The first-order chi connectivity index (χ1) is 9.48. The van der Waals surface area contributed by atoms with E-state index in [0.717, 1.165) is 19.3 Å². The van der Waals surface area contributed by atoms with Gasteiger partial charge in [-0.1, -0.05) is 18.2 Å². The number of rotatable bonds is 3. The minimum atomic E-state index is -3.32. The lowest BCUT2D eigenvalue weighted by Crippen LogP contribution is -2.46. The third-order valence-corrected chi connectivity index (χ3v) is 4.30. The van der Waals surface area contributed by atoms with Crippen molar-refractivity contribution in [2.75, 3.05) is 32.4 Å². The molecule has 0 bridgehead atoms. The Morgan fingerprint density at radius 1 is 1.30 bits per heavy atom. The Kier molecular flexibility index (Phi) is 4.61. The largest absolute Gasteiger partial charge is 0.444 e. The predicted octanol–water partition coefficient (Wildman–Crippen LogP) is 0.632. The van der Waals surface area contributed by atoms with Crippen molar-refractivity contribution in [3.05, 3.63) is 29.8 Å². The maximum absolute atomic E-state index is 11.9. The van der Waals surface area contributed by atoms with Crippen LogP contribution in [-0.2, 0) is 21.2 Å². The molecular weight excluding hydrogens is 280 g/mol. The van der Waals surface area contributed by atoms with Gasteiger partial charge in [-0.2, -0.15) is 0 Å². The van der Waals surface area contributed by atoms with Crippen LogP contribution in [0, 0.1) is 0 Å². The summed E-state index contributed by atoms with van der Waals surface area (Å²) in [6.07, 6.45) is 0.735. The molecule has 0 spiro atoms. The lowest BCUT2D eigenvalue weighted by molar-refractivity contribution is 0.0912. The van der Waals surface area contributed by atoms with E-state index in [2.05, 4.69) is 5.32 Å². The monoisotopic (exact) mass is 298 g/mol. The van der Waals surface area contributed by atoms with Crippen molar-refractivity contribution >= 4 is 15.9 Å². The Hall–Kier alpha value is -1.60. The van der Waals surface area contributed by atoms with E-state index in [1.807, 2.05) is 0 Å². The van der Waals surface area contributed by atoms with E-state index in [9.17, 15) is 13.2 Å². The Morgan fingerprint density at radius 2 is 1.95 bits per heavy atom. The number of benzene rings is 1. The van der Waals surface area contributed by atoms with Crippen LogP contribution >= 0.6 is 0 Å². The number of amides is 1. The number of piperazine rings is 1. The van der Waals surface area contributed by atoms with E-state index >= 15 is 0 Å². The molecule has 1 amide bonds. The third-order valence-electron chi connectivity index (χ3n) is 3.10. The smallest absolute Gasteiger partial charge is 0.410 e. The molecule has 1 aromatic rings. The Balaban J connectivity index is 2.02. The number of nitrogens with zero attached hydrogens (tertiary/aromatic N) is 1. The molecular formula is C13H18N2O4S. The molecule has 20 heavy (non-hydrogen) atoms. The number of carbonyl (C=O) groups excluding carboxylic acids is 1. The van der Waals surface area contributed by atoms with E-state index in [0.29, 0.717) is 18.7 Å². The molecule has 0 aliphatic carbocycles. The van der Waals surface area contributed by atoms with Crippen molar-refractivity contribution in [1.29, 1.82) is 0 Å². The maximum Gasteiger partial charge on any atom is 0.410 e. The summed E-state index contributed by atoms with van der Waals surface area (Å²) in [7, 11) is -3.32. The Labute approximate surface area is 118 Å². The van der Waals surface area contributed by atoms with Crippen LogP contribution in [0.25, 0.3) is 0 Å². The SMILES string of the molecule is CS(=O)(=O)c1ccccc1COC(=O)N1CCNCC1. The molecule has 1 heterocycles. The molecule has 0 radical (unpaired) electrons. The summed E-state index contributed by atoms with van der Waals surface area (Å²) in [5.74, 6) is 0. The summed E-state index contributed by atoms with van der Waals surface area (Å²) in [5.41, 5.74) is 0.499. The van der Waals surface area contributed by atoms with Crippen LogP contribution in [0.2, 0.25) is 0 Å². The van der Waals surface area contributed by atoms with Crippen LogP contribution < -0.4 is 5.32 Å². The van der Waals surface area contributed by atoms with Crippen LogP contribution in [0.1, 0.15) is 5.56 Å². The van der Waals surface area contributed by atoms with Gasteiger partial charge < -0.3 is 15.0 Å². The highest BCUT2D eigenvalue weighted by Gasteiger charge is 2.19. The summed E-state index contributed by atoms with van der Waals surface area (Å²) < 4.78 is 28.5. The molecule has 2 rings (SSSR count). The van der Waals surface area contributed by atoms with Crippen LogP contribution in [0.5, 0.6) is 0 Å². The fourth-order valence-electron chi connectivity index (χ4n) is 2.06. The zero-order chi connectivity index (χ0) is 14.6. The highest BCUT2D eigenvalue weighted by atomic mass is 32.2. The summed E-state index contributed by atoms with van der Waals surface area (Å²) >= 11 is 0. The second-order valence-corrected chi connectivity index (χ2v) is 6.66. The average molecular weight is 298 g/mol. The summed E-state index contributed by atoms with van der Waals surface area (Å²) in [4.78, 5) is 13.7. The summed E-state index contributed by atoms with van der Waals surface area (Å²) in [6.45, 7) is 2.66. The first-order valence-electron chi connectivity index (χ1n) is 6.39. The van der Waals surface area contributed by atoms with E-state index in [1.54, 1.807) is 23.1 Å². The van der Waals surface area contributed by atoms with Gasteiger partial charge in [-0.3, -0.25) is 0 Å². The van der Waals surface area contributed by atoms with Crippen molar-refractivity contribution < 1.29 is 17.9 Å². The van der Waals surface area contributed by atoms with E-state index in [-0.39, 0.29) is 11.5 Å². The molecule has 1 N–H and O–H groups in total. The Morgan fingerprint density at radius 3 is 2.60 bits per heavy atom. The van der Waals surface area contributed by atoms with Gasteiger partial charge in [0.05, 0.1) is 4.90 Å². The molecule has 1 saturated heterocycles. The first kappa shape index (κ1) is 14.8. The zero-order valence-corrected chi connectivity index (χ0v) is 12.1. The third kappa shape index (κ3) is 3.71. The van der Waals surface area contributed by atoms with E-state index in [1.165, 1.54) is 6.07 Å². The van der Waals surface area contributed by atoms with Crippen molar-refractivity contribution in [2.24, 2.45) is 0 Å². The van der Waals surface area contributed by atoms with Crippen molar-refractivity contribution in [3.63, 3.8) is 0 Å². The summed E-state index contributed by atoms with van der Waals surface area (Å²) in [5, 5.41) is 3.14. The van der Waals surface area contributed by atoms with Crippen LogP contribution in [0.15, 0.2) is 29.2 Å².